The van der Waals surface area contributed by atoms with Crippen molar-refractivity contribution < 1.29 is 4.79 Å². The molecule has 0 radical (unpaired) electrons. The summed E-state index contributed by atoms with van der Waals surface area (Å²) in [6.45, 7) is 7.04. The zero-order chi connectivity index (χ0) is 14.4. The fraction of sp³-hybridized carbons (Fsp3) is 0.733. The molecule has 0 bridgehead atoms. The van der Waals surface area contributed by atoms with Crippen molar-refractivity contribution >= 4 is 17.2 Å². The van der Waals surface area contributed by atoms with Gasteiger partial charge in [0, 0.05) is 11.8 Å². The first kappa shape index (κ1) is 15.4. The molecule has 20 heavy (non-hydrogen) atoms. The van der Waals surface area contributed by atoms with E-state index in [1.807, 2.05) is 0 Å². The quantitative estimate of drug-likeness (QED) is 0.848. The predicted molar refractivity (Wildman–Crippen MR) is 82.9 cm³/mol. The minimum Gasteiger partial charge on any atom is -0.350 e. The van der Waals surface area contributed by atoms with E-state index in [-0.39, 0.29) is 5.91 Å². The van der Waals surface area contributed by atoms with Crippen LogP contribution in [-0.2, 0) is 11.3 Å². The lowest BCUT2D eigenvalue weighted by Gasteiger charge is -2.22. The van der Waals surface area contributed by atoms with E-state index in [0.717, 1.165) is 36.1 Å². The summed E-state index contributed by atoms with van der Waals surface area (Å²) in [4.78, 5) is 16.4. The number of aromatic nitrogens is 1. The Labute approximate surface area is 125 Å². The topological polar surface area (TPSA) is 54.0 Å². The predicted octanol–water partition coefficient (Wildman–Crippen LogP) is 2.66. The van der Waals surface area contributed by atoms with Crippen LogP contribution in [0.25, 0.3) is 0 Å². The molecule has 0 saturated carbocycles. The van der Waals surface area contributed by atoms with Crippen LogP contribution in [0.15, 0.2) is 5.38 Å². The monoisotopic (exact) mass is 295 g/mol. The van der Waals surface area contributed by atoms with Gasteiger partial charge in [0.15, 0.2) is 0 Å². The first-order chi connectivity index (χ1) is 9.65. The van der Waals surface area contributed by atoms with Gasteiger partial charge >= 0.3 is 0 Å². The Morgan fingerprint density at radius 1 is 1.50 bits per heavy atom. The molecule has 0 spiro atoms. The molecule has 0 unspecified atom stereocenters. The molecular formula is C15H25N3OS. The van der Waals surface area contributed by atoms with E-state index < -0.39 is 0 Å². The maximum Gasteiger partial charge on any atom is 0.220 e. The van der Waals surface area contributed by atoms with Gasteiger partial charge in [0.25, 0.3) is 0 Å². The van der Waals surface area contributed by atoms with Crippen LogP contribution in [0, 0.1) is 5.92 Å². The Balaban J connectivity index is 1.66. The summed E-state index contributed by atoms with van der Waals surface area (Å²) in [7, 11) is 0. The molecule has 1 fully saturated rings. The van der Waals surface area contributed by atoms with Crippen molar-refractivity contribution in [3.63, 3.8) is 0 Å². The van der Waals surface area contributed by atoms with Gasteiger partial charge in [-0.25, -0.2) is 4.98 Å². The number of nitrogens with one attached hydrogen (secondary N) is 2. The molecule has 1 aliphatic rings. The summed E-state index contributed by atoms with van der Waals surface area (Å²) in [5.41, 5.74) is 1.12. The second-order valence-electron chi connectivity index (χ2n) is 5.83. The average Bonchev–Trinajstić information content (AvgIpc) is 2.93. The summed E-state index contributed by atoms with van der Waals surface area (Å²) in [5, 5.41) is 9.43. The highest BCUT2D eigenvalue weighted by Gasteiger charge is 2.14. The standard InChI is InChI=1S/C15H25N3OS/c1-11(2)13-10-20-15(18-13)9-17-14(19)4-3-12-5-7-16-8-6-12/h10-12,16H,3-9H2,1-2H3,(H,17,19). The third-order valence-corrected chi connectivity index (χ3v) is 4.70. The molecule has 2 rings (SSSR count). The van der Waals surface area contributed by atoms with E-state index in [9.17, 15) is 4.79 Å². The molecule has 0 aliphatic carbocycles. The first-order valence-electron chi connectivity index (χ1n) is 7.57. The fourth-order valence-electron chi connectivity index (χ4n) is 2.44. The van der Waals surface area contributed by atoms with Crippen molar-refractivity contribution in [3.8, 4) is 0 Å². The molecule has 0 aromatic carbocycles. The van der Waals surface area contributed by atoms with Crippen molar-refractivity contribution in [2.45, 2.75) is 52.0 Å². The minimum absolute atomic E-state index is 0.157. The summed E-state index contributed by atoms with van der Waals surface area (Å²) in [5.74, 6) is 1.33. The van der Waals surface area contributed by atoms with E-state index in [4.69, 9.17) is 0 Å². The molecular weight excluding hydrogens is 270 g/mol. The summed E-state index contributed by atoms with van der Waals surface area (Å²) in [6, 6.07) is 0. The number of carbonyl (C=O) groups excluding carboxylic acids is 1. The largest absolute Gasteiger partial charge is 0.350 e. The molecule has 1 amide bonds. The number of rotatable bonds is 6. The van der Waals surface area contributed by atoms with Gasteiger partial charge in [-0.05, 0) is 44.2 Å². The van der Waals surface area contributed by atoms with Crippen molar-refractivity contribution in [1.82, 2.24) is 15.6 Å². The Hall–Kier alpha value is -0.940. The third kappa shape index (κ3) is 4.87. The molecule has 2 heterocycles. The van der Waals surface area contributed by atoms with Crippen molar-refractivity contribution in [2.75, 3.05) is 13.1 Å². The number of carbonyl (C=O) groups is 1. The van der Waals surface area contributed by atoms with Crippen LogP contribution in [-0.4, -0.2) is 24.0 Å². The number of piperidine rings is 1. The van der Waals surface area contributed by atoms with Crippen LogP contribution in [0.4, 0.5) is 0 Å². The van der Waals surface area contributed by atoms with Crippen LogP contribution in [0.2, 0.25) is 0 Å². The molecule has 1 saturated heterocycles. The van der Waals surface area contributed by atoms with Gasteiger partial charge in [0.2, 0.25) is 5.91 Å². The smallest absolute Gasteiger partial charge is 0.220 e. The van der Waals surface area contributed by atoms with Crippen LogP contribution in [0.3, 0.4) is 0 Å². The maximum atomic E-state index is 11.8. The molecule has 112 valence electrons. The number of hydrogen-bond acceptors (Lipinski definition) is 4. The lowest BCUT2D eigenvalue weighted by atomic mass is 9.93. The fourth-order valence-corrected chi connectivity index (χ4v) is 3.33. The normalized spacial score (nSPS) is 16.6. The Kier molecular flexibility index (Phi) is 5.98. The first-order valence-corrected chi connectivity index (χ1v) is 8.45. The zero-order valence-corrected chi connectivity index (χ0v) is 13.3. The SMILES string of the molecule is CC(C)c1csc(CNC(=O)CCC2CCNCC2)n1. The van der Waals surface area contributed by atoms with Gasteiger partial charge in [-0.15, -0.1) is 11.3 Å². The molecule has 1 aromatic heterocycles. The summed E-state index contributed by atoms with van der Waals surface area (Å²) >= 11 is 1.63. The maximum absolute atomic E-state index is 11.8. The van der Waals surface area contributed by atoms with E-state index >= 15 is 0 Å². The Morgan fingerprint density at radius 2 is 2.25 bits per heavy atom. The van der Waals surface area contributed by atoms with Crippen molar-refractivity contribution in [3.05, 3.63) is 16.1 Å². The zero-order valence-electron chi connectivity index (χ0n) is 12.4. The van der Waals surface area contributed by atoms with Gasteiger partial charge in [0.1, 0.15) is 5.01 Å². The number of amides is 1. The molecule has 5 heteroatoms. The van der Waals surface area contributed by atoms with Gasteiger partial charge in [-0.1, -0.05) is 13.8 Å². The Bertz CT molecular complexity index is 425. The van der Waals surface area contributed by atoms with E-state index in [0.29, 0.717) is 18.9 Å². The summed E-state index contributed by atoms with van der Waals surface area (Å²) < 4.78 is 0. The highest BCUT2D eigenvalue weighted by molar-refractivity contribution is 7.09. The number of nitrogens with zero attached hydrogens (tertiary/aromatic N) is 1. The van der Waals surface area contributed by atoms with Crippen molar-refractivity contribution in [2.24, 2.45) is 5.92 Å². The minimum atomic E-state index is 0.157. The van der Waals surface area contributed by atoms with Gasteiger partial charge in [-0.3, -0.25) is 4.79 Å². The summed E-state index contributed by atoms with van der Waals surface area (Å²) in [6.07, 6.45) is 4.07. The number of thiazole rings is 1. The molecule has 1 aliphatic heterocycles. The third-order valence-electron chi connectivity index (χ3n) is 3.84. The lowest BCUT2D eigenvalue weighted by molar-refractivity contribution is -0.121. The average molecular weight is 295 g/mol. The van der Waals surface area contributed by atoms with E-state index in [1.54, 1.807) is 11.3 Å². The van der Waals surface area contributed by atoms with E-state index in [2.05, 4.69) is 34.8 Å². The van der Waals surface area contributed by atoms with Gasteiger partial charge < -0.3 is 10.6 Å². The number of hydrogen-bond donors (Lipinski definition) is 2. The highest BCUT2D eigenvalue weighted by atomic mass is 32.1. The van der Waals surface area contributed by atoms with Gasteiger partial charge in [-0.2, -0.15) is 0 Å². The van der Waals surface area contributed by atoms with Crippen LogP contribution < -0.4 is 10.6 Å². The lowest BCUT2D eigenvalue weighted by Crippen LogP contribution is -2.29. The Morgan fingerprint density at radius 3 is 2.90 bits per heavy atom. The molecule has 0 atom stereocenters. The van der Waals surface area contributed by atoms with Gasteiger partial charge in [0.05, 0.1) is 12.2 Å². The van der Waals surface area contributed by atoms with Crippen LogP contribution >= 0.6 is 11.3 Å². The molecule has 2 N–H and O–H groups in total. The van der Waals surface area contributed by atoms with Crippen LogP contribution in [0.1, 0.15) is 56.2 Å². The van der Waals surface area contributed by atoms with Crippen molar-refractivity contribution in [1.29, 1.82) is 0 Å². The second kappa shape index (κ2) is 7.74. The molecule has 4 nitrogen and oxygen atoms in total. The van der Waals surface area contributed by atoms with E-state index in [1.165, 1.54) is 12.8 Å². The molecule has 1 aromatic rings. The van der Waals surface area contributed by atoms with Crippen LogP contribution in [0.5, 0.6) is 0 Å². The second-order valence-corrected chi connectivity index (χ2v) is 6.77. The highest BCUT2D eigenvalue weighted by Crippen LogP contribution is 2.19.